The van der Waals surface area contributed by atoms with Crippen LogP contribution < -0.4 is 0 Å². The Balaban J connectivity index is 1.48. The number of furan rings is 1. The summed E-state index contributed by atoms with van der Waals surface area (Å²) in [5, 5.41) is 12.2. The minimum Gasteiger partial charge on any atom is -0.472 e. The molecule has 11 atom stereocenters. The molecule has 2 heterocycles. The van der Waals surface area contributed by atoms with Gasteiger partial charge >= 0.3 is 11.9 Å². The number of hydrogen-bond acceptors (Lipinski definition) is 7. The van der Waals surface area contributed by atoms with E-state index < -0.39 is 40.7 Å². The molecule has 0 amide bonds. The van der Waals surface area contributed by atoms with Gasteiger partial charge < -0.3 is 23.7 Å². The second kappa shape index (κ2) is 7.95. The number of esters is 2. The minimum absolute atomic E-state index is 0.0716. The summed E-state index contributed by atoms with van der Waals surface area (Å²) < 4.78 is 23.9. The molecule has 1 aliphatic heterocycles. The van der Waals surface area contributed by atoms with Crippen molar-refractivity contribution < 1.29 is 33.3 Å². The number of aliphatic hydroxyl groups is 1. The molecule has 1 aromatic heterocycles. The van der Waals surface area contributed by atoms with Crippen LogP contribution in [0, 0.1) is 33.5 Å². The summed E-state index contributed by atoms with van der Waals surface area (Å²) in [5.41, 5.74) is 0.924. The highest BCUT2D eigenvalue weighted by molar-refractivity contribution is 5.67. The Bertz CT molecular complexity index is 1140. The molecule has 0 spiro atoms. The first-order chi connectivity index (χ1) is 17.4. The number of hydrogen-bond donors (Lipinski definition) is 1. The minimum atomic E-state index is -0.722. The fraction of sp³-hybridized carbons (Fsp3) is 0.733. The maximum atomic E-state index is 12.4. The molecule has 0 radical (unpaired) electrons. The van der Waals surface area contributed by atoms with Crippen LogP contribution in [0.2, 0.25) is 0 Å². The van der Waals surface area contributed by atoms with Gasteiger partial charge in [0.25, 0.3) is 0 Å². The van der Waals surface area contributed by atoms with E-state index in [1.165, 1.54) is 25.0 Å². The Kier molecular flexibility index (Phi) is 5.41. The highest BCUT2D eigenvalue weighted by Crippen LogP contribution is 2.75. The van der Waals surface area contributed by atoms with Gasteiger partial charge in [-0.15, -0.1) is 0 Å². The zero-order valence-electron chi connectivity index (χ0n) is 22.8. The van der Waals surface area contributed by atoms with E-state index in [9.17, 15) is 14.7 Å². The SMILES string of the molecule is CC(=O)O[C@H]1C[C@@H](OC(C)=O)[C@@]2(C)CO[C@H]3[C@@H](O)[C@@]4(C)C5=CC[C@@H](c6ccoc6)[C@]5(C)CC[C@@H]4[C@@]1(C)[C@H]32. The van der Waals surface area contributed by atoms with Crippen LogP contribution in [0.25, 0.3) is 0 Å². The van der Waals surface area contributed by atoms with E-state index in [-0.39, 0.29) is 29.2 Å². The van der Waals surface area contributed by atoms with Crippen molar-refractivity contribution in [3.63, 3.8) is 0 Å². The van der Waals surface area contributed by atoms with E-state index in [4.69, 9.17) is 18.6 Å². The molecule has 3 saturated carbocycles. The second-order valence-electron chi connectivity index (χ2n) is 13.3. The fourth-order valence-corrected chi connectivity index (χ4v) is 10.2. The summed E-state index contributed by atoms with van der Waals surface area (Å²) >= 11 is 0. The van der Waals surface area contributed by atoms with Gasteiger partial charge in [-0.1, -0.05) is 39.3 Å². The molecule has 4 aliphatic carbocycles. The van der Waals surface area contributed by atoms with E-state index in [1.54, 1.807) is 6.26 Å². The number of allylic oxidation sites excluding steroid dienone is 1. The van der Waals surface area contributed by atoms with Gasteiger partial charge in [0.1, 0.15) is 12.2 Å². The smallest absolute Gasteiger partial charge is 0.302 e. The van der Waals surface area contributed by atoms with Crippen LogP contribution in [-0.4, -0.2) is 48.1 Å². The lowest BCUT2D eigenvalue weighted by molar-refractivity contribution is -0.262. The van der Waals surface area contributed by atoms with Crippen molar-refractivity contribution in [1.82, 2.24) is 0 Å². The molecule has 0 bridgehead atoms. The average molecular weight is 513 g/mol. The number of carbonyl (C=O) groups is 2. The standard InChI is InChI=1S/C30H40O7/c1-16(31)36-22-13-23(37-17(2)32)30(6)21-9-11-27(3)19(18-10-12-34-14-18)7-8-20(27)29(21,5)26(33)24-25(30)28(22,4)15-35-24/h8,10,12,14,19,21-26,33H,7,9,11,13,15H2,1-6H3/t19-,21-,22+,23-,24+,25+,26+,27-,28+,29-,30+/m0/s1. The fourth-order valence-electron chi connectivity index (χ4n) is 10.2. The molecular formula is C30H40O7. The highest BCUT2D eigenvalue weighted by Gasteiger charge is 2.77. The molecular weight excluding hydrogens is 472 g/mol. The Morgan fingerprint density at radius 2 is 1.78 bits per heavy atom. The molecule has 0 unspecified atom stereocenters. The summed E-state index contributed by atoms with van der Waals surface area (Å²) in [7, 11) is 0. The van der Waals surface area contributed by atoms with Crippen LogP contribution in [0.3, 0.4) is 0 Å². The van der Waals surface area contributed by atoms with Crippen molar-refractivity contribution in [2.45, 2.75) is 97.6 Å². The number of aliphatic hydroxyl groups excluding tert-OH is 1. The third-order valence-electron chi connectivity index (χ3n) is 11.6. The van der Waals surface area contributed by atoms with Gasteiger partial charge in [0, 0.05) is 42.4 Å². The van der Waals surface area contributed by atoms with Crippen LogP contribution >= 0.6 is 0 Å². The lowest BCUT2D eigenvalue weighted by Crippen LogP contribution is -2.73. The summed E-state index contributed by atoms with van der Waals surface area (Å²) in [5.74, 6) is -0.430. The maximum absolute atomic E-state index is 12.4. The molecule has 1 aromatic rings. The molecule has 5 aliphatic rings. The van der Waals surface area contributed by atoms with E-state index in [2.05, 4.69) is 39.8 Å². The van der Waals surface area contributed by atoms with E-state index in [0.717, 1.165) is 19.3 Å². The van der Waals surface area contributed by atoms with Crippen molar-refractivity contribution in [2.24, 2.45) is 33.5 Å². The summed E-state index contributed by atoms with van der Waals surface area (Å²) in [6.45, 7) is 12.2. The quantitative estimate of drug-likeness (QED) is 0.460. The van der Waals surface area contributed by atoms with Gasteiger partial charge in [0.2, 0.25) is 0 Å². The summed E-state index contributed by atoms with van der Waals surface area (Å²) in [6.07, 6.45) is 7.14. The number of ether oxygens (including phenoxy) is 3. The lowest BCUT2D eigenvalue weighted by Gasteiger charge is -2.69. The zero-order valence-corrected chi connectivity index (χ0v) is 22.8. The van der Waals surface area contributed by atoms with Crippen LogP contribution in [0.4, 0.5) is 0 Å². The first kappa shape index (κ1) is 25.2. The zero-order chi connectivity index (χ0) is 26.5. The lowest BCUT2D eigenvalue weighted by atomic mass is 9.36. The molecule has 4 fully saturated rings. The van der Waals surface area contributed by atoms with Crippen molar-refractivity contribution >= 4 is 11.9 Å². The first-order valence-electron chi connectivity index (χ1n) is 13.8. The van der Waals surface area contributed by atoms with Crippen LogP contribution in [0.5, 0.6) is 0 Å². The van der Waals surface area contributed by atoms with Crippen LogP contribution in [0.15, 0.2) is 34.7 Å². The van der Waals surface area contributed by atoms with Gasteiger partial charge in [-0.05, 0) is 48.1 Å². The molecule has 7 heteroatoms. The number of fused-ring (bicyclic) bond motifs is 4. The van der Waals surface area contributed by atoms with Crippen molar-refractivity contribution in [3.8, 4) is 0 Å². The van der Waals surface area contributed by atoms with Gasteiger partial charge in [-0.25, -0.2) is 0 Å². The third-order valence-corrected chi connectivity index (χ3v) is 11.6. The van der Waals surface area contributed by atoms with Gasteiger partial charge in [-0.3, -0.25) is 9.59 Å². The van der Waals surface area contributed by atoms with Crippen LogP contribution in [0.1, 0.15) is 78.7 Å². The van der Waals surface area contributed by atoms with Gasteiger partial charge in [0.15, 0.2) is 0 Å². The Labute approximate surface area is 218 Å². The topological polar surface area (TPSA) is 95.2 Å². The molecule has 6 rings (SSSR count). The predicted octanol–water partition coefficient (Wildman–Crippen LogP) is 4.79. The maximum Gasteiger partial charge on any atom is 0.302 e. The molecule has 7 nitrogen and oxygen atoms in total. The Hall–Kier alpha value is -2.12. The van der Waals surface area contributed by atoms with Gasteiger partial charge in [0.05, 0.1) is 31.3 Å². The predicted molar refractivity (Wildman–Crippen MR) is 134 cm³/mol. The Morgan fingerprint density at radius 1 is 1.08 bits per heavy atom. The Morgan fingerprint density at radius 3 is 2.43 bits per heavy atom. The highest BCUT2D eigenvalue weighted by atomic mass is 16.6. The van der Waals surface area contributed by atoms with Gasteiger partial charge in [-0.2, -0.15) is 0 Å². The molecule has 202 valence electrons. The van der Waals surface area contributed by atoms with E-state index in [1.807, 2.05) is 6.26 Å². The average Bonchev–Trinajstić information content (AvgIpc) is 3.53. The van der Waals surface area contributed by atoms with Crippen molar-refractivity contribution in [1.29, 1.82) is 0 Å². The largest absolute Gasteiger partial charge is 0.472 e. The normalized spacial score (nSPS) is 49.9. The van der Waals surface area contributed by atoms with Crippen LogP contribution in [-0.2, 0) is 23.8 Å². The summed E-state index contributed by atoms with van der Waals surface area (Å²) in [6, 6.07) is 2.06. The van der Waals surface area contributed by atoms with Crippen molar-refractivity contribution in [2.75, 3.05) is 6.61 Å². The molecule has 37 heavy (non-hydrogen) atoms. The number of carbonyl (C=O) groups excluding carboxylic acids is 2. The molecule has 1 N–H and O–H groups in total. The molecule has 0 aromatic carbocycles. The van der Waals surface area contributed by atoms with Crippen molar-refractivity contribution in [3.05, 3.63) is 35.8 Å². The first-order valence-corrected chi connectivity index (χ1v) is 13.8. The monoisotopic (exact) mass is 512 g/mol. The summed E-state index contributed by atoms with van der Waals surface area (Å²) in [4.78, 5) is 24.5. The second-order valence-corrected chi connectivity index (χ2v) is 13.3. The number of rotatable bonds is 3. The van der Waals surface area contributed by atoms with E-state index >= 15 is 0 Å². The van der Waals surface area contributed by atoms with E-state index in [0.29, 0.717) is 18.9 Å². The molecule has 1 saturated heterocycles. The third kappa shape index (κ3) is 3.07.